The molecule has 1 aromatic rings. The number of rotatable bonds is 5. The maximum atomic E-state index is 13.6. The van der Waals surface area contributed by atoms with Gasteiger partial charge < -0.3 is 14.9 Å². The van der Waals surface area contributed by atoms with Crippen LogP contribution in [0, 0.1) is 5.82 Å². The van der Waals surface area contributed by atoms with Crippen LogP contribution < -0.4 is 4.74 Å². The monoisotopic (exact) mass is 264 g/mol. The highest BCUT2D eigenvalue weighted by Gasteiger charge is 2.24. The number of ether oxygens (including phenoxy) is 1. The topological polar surface area (TPSA) is 83.8 Å². The van der Waals surface area contributed by atoms with Crippen molar-refractivity contribution in [3.8, 4) is 5.75 Å². The van der Waals surface area contributed by atoms with Crippen LogP contribution in [0.2, 0.25) is 0 Å². The number of alkyl halides is 2. The Kier molecular flexibility index (Phi) is 4.27. The Morgan fingerprint density at radius 2 is 2.00 bits per heavy atom. The Balaban J connectivity index is 3.28. The number of aliphatic carboxylic acids is 1. The molecule has 8 heteroatoms. The molecule has 0 fully saturated rings. The van der Waals surface area contributed by atoms with E-state index in [9.17, 15) is 22.8 Å². The zero-order chi connectivity index (χ0) is 13.9. The van der Waals surface area contributed by atoms with Gasteiger partial charge in [0.1, 0.15) is 11.6 Å². The SMILES string of the molecule is O=Cc1c(OC(F)F)ccc(C(O)C(=O)O)c1F. The number of carbonyl (C=O) groups is 2. The lowest BCUT2D eigenvalue weighted by Crippen LogP contribution is -2.14. The molecule has 0 aliphatic carbocycles. The minimum Gasteiger partial charge on any atom is -0.479 e. The summed E-state index contributed by atoms with van der Waals surface area (Å²) >= 11 is 0. The molecule has 0 saturated carbocycles. The molecule has 1 rings (SSSR count). The van der Waals surface area contributed by atoms with E-state index in [1.165, 1.54) is 0 Å². The summed E-state index contributed by atoms with van der Waals surface area (Å²) in [5.41, 5.74) is -1.60. The lowest BCUT2D eigenvalue weighted by atomic mass is 10.0. The van der Waals surface area contributed by atoms with E-state index in [2.05, 4.69) is 4.74 Å². The summed E-state index contributed by atoms with van der Waals surface area (Å²) in [6.45, 7) is -3.27. The first-order valence-electron chi connectivity index (χ1n) is 4.51. The summed E-state index contributed by atoms with van der Waals surface area (Å²) in [5.74, 6) is -3.90. The largest absolute Gasteiger partial charge is 0.479 e. The van der Waals surface area contributed by atoms with Crippen molar-refractivity contribution in [2.75, 3.05) is 0 Å². The molecule has 0 amide bonds. The van der Waals surface area contributed by atoms with Crippen molar-refractivity contribution in [3.05, 3.63) is 29.1 Å². The molecule has 0 spiro atoms. The van der Waals surface area contributed by atoms with Crippen LogP contribution in [0.3, 0.4) is 0 Å². The van der Waals surface area contributed by atoms with Crippen molar-refractivity contribution in [2.45, 2.75) is 12.7 Å². The fourth-order valence-electron chi connectivity index (χ4n) is 1.24. The molecule has 1 aromatic carbocycles. The summed E-state index contributed by atoms with van der Waals surface area (Å²) in [7, 11) is 0. The first-order chi connectivity index (χ1) is 8.38. The number of benzene rings is 1. The van der Waals surface area contributed by atoms with Crippen LogP contribution in [0.25, 0.3) is 0 Å². The Bertz CT molecular complexity index is 475. The molecule has 1 atom stereocenters. The van der Waals surface area contributed by atoms with Crippen LogP contribution in [-0.4, -0.2) is 29.1 Å². The normalized spacial score (nSPS) is 12.3. The minimum absolute atomic E-state index is 0.106. The van der Waals surface area contributed by atoms with Crippen LogP contribution in [-0.2, 0) is 4.79 Å². The zero-order valence-corrected chi connectivity index (χ0v) is 8.64. The third-order valence-corrected chi connectivity index (χ3v) is 2.03. The van der Waals surface area contributed by atoms with Gasteiger partial charge in [-0.3, -0.25) is 4.79 Å². The smallest absolute Gasteiger partial charge is 0.387 e. The second-order valence-corrected chi connectivity index (χ2v) is 3.12. The number of hydrogen-bond acceptors (Lipinski definition) is 4. The van der Waals surface area contributed by atoms with Gasteiger partial charge in [0, 0.05) is 5.56 Å². The number of aliphatic hydroxyl groups excluding tert-OH is 1. The number of aliphatic hydroxyl groups is 1. The molecular formula is C10H7F3O5. The second-order valence-electron chi connectivity index (χ2n) is 3.12. The van der Waals surface area contributed by atoms with E-state index in [-0.39, 0.29) is 6.29 Å². The predicted octanol–water partition coefficient (Wildman–Crippen LogP) is 1.36. The van der Waals surface area contributed by atoms with Gasteiger partial charge in [0.25, 0.3) is 0 Å². The number of hydrogen-bond donors (Lipinski definition) is 2. The molecular weight excluding hydrogens is 257 g/mol. The van der Waals surface area contributed by atoms with Gasteiger partial charge >= 0.3 is 12.6 Å². The number of carboxylic acids is 1. The maximum absolute atomic E-state index is 13.6. The minimum atomic E-state index is -3.27. The number of halogens is 3. The van der Waals surface area contributed by atoms with Crippen LogP contribution >= 0.6 is 0 Å². The zero-order valence-electron chi connectivity index (χ0n) is 8.64. The molecule has 98 valence electrons. The van der Waals surface area contributed by atoms with Crippen molar-refractivity contribution in [1.82, 2.24) is 0 Å². The number of aldehydes is 1. The fourth-order valence-corrected chi connectivity index (χ4v) is 1.24. The van der Waals surface area contributed by atoms with E-state index in [1.807, 2.05) is 0 Å². The molecule has 0 aromatic heterocycles. The first kappa shape index (κ1) is 14.0. The summed E-state index contributed by atoms with van der Waals surface area (Å²) in [6.07, 6.45) is -2.31. The van der Waals surface area contributed by atoms with E-state index in [0.29, 0.717) is 0 Å². The standard InChI is InChI=1S/C10H7F3O5/c11-7-4(8(15)9(16)17)1-2-6(5(7)3-14)18-10(12)13/h1-3,8,10,15H,(H,16,17). The van der Waals surface area contributed by atoms with Crippen LogP contribution in [0.1, 0.15) is 22.0 Å². The third kappa shape index (κ3) is 2.77. The predicted molar refractivity (Wildman–Crippen MR) is 51.0 cm³/mol. The Morgan fingerprint density at radius 1 is 1.39 bits per heavy atom. The van der Waals surface area contributed by atoms with Crippen molar-refractivity contribution in [2.24, 2.45) is 0 Å². The lowest BCUT2D eigenvalue weighted by molar-refractivity contribution is -0.147. The molecule has 0 bridgehead atoms. The number of carbonyl (C=O) groups excluding carboxylic acids is 1. The van der Waals surface area contributed by atoms with E-state index >= 15 is 0 Å². The maximum Gasteiger partial charge on any atom is 0.387 e. The summed E-state index contributed by atoms with van der Waals surface area (Å²) in [5, 5.41) is 17.6. The van der Waals surface area contributed by atoms with E-state index in [0.717, 1.165) is 12.1 Å². The van der Waals surface area contributed by atoms with Gasteiger partial charge in [-0.25, -0.2) is 9.18 Å². The van der Waals surface area contributed by atoms with Crippen molar-refractivity contribution >= 4 is 12.3 Å². The average molecular weight is 264 g/mol. The summed E-state index contributed by atoms with van der Waals surface area (Å²) in [4.78, 5) is 21.0. The molecule has 1 unspecified atom stereocenters. The van der Waals surface area contributed by atoms with Crippen LogP contribution in [0.5, 0.6) is 5.75 Å². The first-order valence-corrected chi connectivity index (χ1v) is 4.51. The van der Waals surface area contributed by atoms with Gasteiger partial charge in [-0.1, -0.05) is 0 Å². The molecule has 0 aliphatic heterocycles. The molecule has 0 heterocycles. The second kappa shape index (κ2) is 5.50. The van der Waals surface area contributed by atoms with Gasteiger partial charge in [-0.2, -0.15) is 8.78 Å². The van der Waals surface area contributed by atoms with E-state index in [4.69, 9.17) is 10.2 Å². The Hall–Kier alpha value is -2.09. The van der Waals surface area contributed by atoms with Crippen molar-refractivity contribution in [1.29, 1.82) is 0 Å². The molecule has 18 heavy (non-hydrogen) atoms. The third-order valence-electron chi connectivity index (χ3n) is 2.03. The Labute approximate surface area is 98.4 Å². The van der Waals surface area contributed by atoms with E-state index in [1.54, 1.807) is 0 Å². The highest BCUT2D eigenvalue weighted by atomic mass is 19.3. The van der Waals surface area contributed by atoms with Crippen LogP contribution in [0.15, 0.2) is 12.1 Å². The van der Waals surface area contributed by atoms with Crippen molar-refractivity contribution < 1.29 is 37.7 Å². The molecule has 2 N–H and O–H groups in total. The van der Waals surface area contributed by atoms with Gasteiger partial charge in [-0.15, -0.1) is 0 Å². The highest BCUT2D eigenvalue weighted by Crippen LogP contribution is 2.28. The molecule has 0 radical (unpaired) electrons. The quantitative estimate of drug-likeness (QED) is 0.784. The molecule has 0 aliphatic rings. The molecule has 5 nitrogen and oxygen atoms in total. The summed E-state index contributed by atoms with van der Waals surface area (Å²) in [6, 6.07) is 1.53. The lowest BCUT2D eigenvalue weighted by Gasteiger charge is -2.12. The highest BCUT2D eigenvalue weighted by molar-refractivity contribution is 5.82. The summed E-state index contributed by atoms with van der Waals surface area (Å²) < 4.78 is 41.4. The van der Waals surface area contributed by atoms with Gasteiger partial charge in [0.05, 0.1) is 5.56 Å². The average Bonchev–Trinajstić information content (AvgIpc) is 2.28. The number of carboxylic acid groups (broad SMARTS) is 1. The van der Waals surface area contributed by atoms with Gasteiger partial charge in [-0.05, 0) is 12.1 Å². The van der Waals surface area contributed by atoms with Crippen molar-refractivity contribution in [3.63, 3.8) is 0 Å². The van der Waals surface area contributed by atoms with E-state index < -0.39 is 41.4 Å². The Morgan fingerprint density at radius 3 is 2.44 bits per heavy atom. The van der Waals surface area contributed by atoms with Gasteiger partial charge in [0.2, 0.25) is 0 Å². The fraction of sp³-hybridized carbons (Fsp3) is 0.200. The van der Waals surface area contributed by atoms with Gasteiger partial charge in [0.15, 0.2) is 12.4 Å². The van der Waals surface area contributed by atoms with Crippen LogP contribution in [0.4, 0.5) is 13.2 Å². The molecule has 0 saturated heterocycles.